The summed E-state index contributed by atoms with van der Waals surface area (Å²) < 4.78 is 12.3. The van der Waals surface area contributed by atoms with Gasteiger partial charge in [-0.1, -0.05) is 12.1 Å². The number of hydrogen-bond acceptors (Lipinski definition) is 6. The van der Waals surface area contributed by atoms with Gasteiger partial charge in [-0.2, -0.15) is 0 Å². The molecule has 0 unspecified atom stereocenters. The third-order valence-corrected chi connectivity index (χ3v) is 4.96. The van der Waals surface area contributed by atoms with Crippen molar-refractivity contribution in [3.8, 4) is 10.8 Å². The van der Waals surface area contributed by atoms with Gasteiger partial charge in [-0.25, -0.2) is 9.78 Å². The molecule has 0 fully saturated rings. The summed E-state index contributed by atoms with van der Waals surface area (Å²) >= 11 is 1.61. The SMILES string of the molecule is CN=C(NCCNC(=O)OC(C)(C)C)NCc1ccc(-c2nc3ccccc3s2)o1. The van der Waals surface area contributed by atoms with Crippen molar-refractivity contribution in [2.24, 2.45) is 4.99 Å². The molecule has 3 rings (SSSR count). The lowest BCUT2D eigenvalue weighted by Gasteiger charge is -2.19. The quantitative estimate of drug-likeness (QED) is 0.313. The van der Waals surface area contributed by atoms with Crippen LogP contribution in [0.15, 0.2) is 45.8 Å². The number of nitrogens with zero attached hydrogens (tertiary/aromatic N) is 2. The fourth-order valence-electron chi connectivity index (χ4n) is 2.62. The molecule has 30 heavy (non-hydrogen) atoms. The highest BCUT2D eigenvalue weighted by atomic mass is 32.1. The number of nitrogens with one attached hydrogen (secondary N) is 3. The van der Waals surface area contributed by atoms with Crippen molar-refractivity contribution in [1.82, 2.24) is 20.9 Å². The minimum absolute atomic E-state index is 0.415. The maximum atomic E-state index is 11.6. The fourth-order valence-corrected chi connectivity index (χ4v) is 3.54. The second kappa shape index (κ2) is 9.62. The van der Waals surface area contributed by atoms with Crippen LogP contribution in [0.4, 0.5) is 4.79 Å². The topological polar surface area (TPSA) is 101 Å². The van der Waals surface area contributed by atoms with E-state index in [1.165, 1.54) is 0 Å². The van der Waals surface area contributed by atoms with E-state index in [1.807, 2.05) is 51.1 Å². The highest BCUT2D eigenvalue weighted by Gasteiger charge is 2.15. The first-order valence-corrected chi connectivity index (χ1v) is 10.5. The number of carbonyl (C=O) groups excluding carboxylic acids is 1. The Labute approximate surface area is 179 Å². The van der Waals surface area contributed by atoms with Gasteiger partial charge in [-0.15, -0.1) is 11.3 Å². The van der Waals surface area contributed by atoms with Gasteiger partial charge in [0.25, 0.3) is 0 Å². The monoisotopic (exact) mass is 429 g/mol. The maximum absolute atomic E-state index is 11.6. The van der Waals surface area contributed by atoms with E-state index in [0.29, 0.717) is 25.6 Å². The number of para-hydroxylation sites is 1. The number of rotatable bonds is 6. The molecule has 8 nitrogen and oxygen atoms in total. The van der Waals surface area contributed by atoms with Crippen molar-refractivity contribution >= 4 is 33.6 Å². The third kappa shape index (κ3) is 6.21. The van der Waals surface area contributed by atoms with Gasteiger partial charge in [-0.05, 0) is 45.0 Å². The summed E-state index contributed by atoms with van der Waals surface area (Å²) in [7, 11) is 1.69. The van der Waals surface area contributed by atoms with Gasteiger partial charge in [-0.3, -0.25) is 4.99 Å². The fraction of sp³-hybridized carbons (Fsp3) is 0.381. The summed E-state index contributed by atoms with van der Waals surface area (Å²) in [5.74, 6) is 2.13. The molecule has 9 heteroatoms. The lowest BCUT2D eigenvalue weighted by Crippen LogP contribution is -2.42. The largest absolute Gasteiger partial charge is 0.457 e. The molecular formula is C21H27N5O3S. The van der Waals surface area contributed by atoms with E-state index in [9.17, 15) is 4.79 Å². The number of furan rings is 1. The second-order valence-corrected chi connectivity index (χ2v) is 8.56. The van der Waals surface area contributed by atoms with Crippen LogP contribution in [0.3, 0.4) is 0 Å². The number of aromatic nitrogens is 1. The van der Waals surface area contributed by atoms with E-state index in [0.717, 1.165) is 26.7 Å². The van der Waals surface area contributed by atoms with E-state index in [2.05, 4.69) is 32.0 Å². The second-order valence-electron chi connectivity index (χ2n) is 7.53. The third-order valence-electron chi connectivity index (χ3n) is 3.91. The van der Waals surface area contributed by atoms with Gasteiger partial charge in [0.15, 0.2) is 16.7 Å². The van der Waals surface area contributed by atoms with Crippen LogP contribution in [-0.4, -0.2) is 42.8 Å². The minimum Gasteiger partial charge on any atom is -0.457 e. The molecule has 0 saturated carbocycles. The van der Waals surface area contributed by atoms with Crippen LogP contribution in [0, 0.1) is 0 Å². The van der Waals surface area contributed by atoms with Crippen LogP contribution in [0.1, 0.15) is 26.5 Å². The number of thiazole rings is 1. The number of alkyl carbamates (subject to hydrolysis) is 1. The first-order valence-electron chi connectivity index (χ1n) is 9.70. The molecule has 0 aliphatic carbocycles. The predicted molar refractivity (Wildman–Crippen MR) is 120 cm³/mol. The molecule has 0 spiro atoms. The molecule has 2 heterocycles. The van der Waals surface area contributed by atoms with Gasteiger partial charge in [0, 0.05) is 20.1 Å². The van der Waals surface area contributed by atoms with Crippen molar-refractivity contribution in [3.63, 3.8) is 0 Å². The van der Waals surface area contributed by atoms with Crippen LogP contribution in [0.2, 0.25) is 0 Å². The molecule has 1 aromatic carbocycles. The molecule has 0 bridgehead atoms. The lowest BCUT2D eigenvalue weighted by atomic mass is 10.2. The van der Waals surface area contributed by atoms with E-state index in [1.54, 1.807) is 18.4 Å². The molecular weight excluding hydrogens is 402 g/mol. The van der Waals surface area contributed by atoms with Crippen molar-refractivity contribution in [1.29, 1.82) is 0 Å². The van der Waals surface area contributed by atoms with Crippen LogP contribution >= 0.6 is 11.3 Å². The molecule has 0 aliphatic heterocycles. The number of aliphatic imine (C=N–C) groups is 1. The van der Waals surface area contributed by atoms with Crippen LogP contribution in [0.25, 0.3) is 21.0 Å². The summed E-state index contributed by atoms with van der Waals surface area (Å²) in [6, 6.07) is 11.9. The number of amides is 1. The smallest absolute Gasteiger partial charge is 0.407 e. The Bertz CT molecular complexity index is 986. The Morgan fingerprint density at radius 3 is 2.63 bits per heavy atom. The van der Waals surface area contributed by atoms with E-state index >= 15 is 0 Å². The van der Waals surface area contributed by atoms with E-state index in [-0.39, 0.29) is 0 Å². The molecule has 2 aromatic heterocycles. The van der Waals surface area contributed by atoms with Crippen LogP contribution < -0.4 is 16.0 Å². The number of guanidine groups is 1. The zero-order valence-electron chi connectivity index (χ0n) is 17.6. The zero-order valence-corrected chi connectivity index (χ0v) is 18.4. The predicted octanol–water partition coefficient (Wildman–Crippen LogP) is 3.75. The molecule has 1 amide bonds. The Morgan fingerprint density at radius 1 is 1.13 bits per heavy atom. The van der Waals surface area contributed by atoms with Gasteiger partial charge in [0.1, 0.15) is 11.4 Å². The minimum atomic E-state index is -0.512. The Hall–Kier alpha value is -3.07. The number of benzene rings is 1. The summed E-state index contributed by atoms with van der Waals surface area (Å²) in [4.78, 5) is 20.4. The summed E-state index contributed by atoms with van der Waals surface area (Å²) in [5.41, 5.74) is 0.459. The van der Waals surface area contributed by atoms with Crippen molar-refractivity contribution < 1.29 is 13.9 Å². The van der Waals surface area contributed by atoms with Gasteiger partial charge in [0.05, 0.1) is 16.8 Å². The lowest BCUT2D eigenvalue weighted by molar-refractivity contribution is 0.0529. The summed E-state index contributed by atoms with van der Waals surface area (Å²) in [6.45, 7) is 6.88. The Morgan fingerprint density at radius 2 is 1.90 bits per heavy atom. The van der Waals surface area contributed by atoms with Crippen LogP contribution in [0.5, 0.6) is 0 Å². The molecule has 3 N–H and O–H groups in total. The number of hydrogen-bond donors (Lipinski definition) is 3. The Kier molecular flexibility index (Phi) is 6.94. The summed E-state index contributed by atoms with van der Waals surface area (Å²) in [6.07, 6.45) is -0.440. The van der Waals surface area contributed by atoms with E-state index in [4.69, 9.17) is 9.15 Å². The molecule has 3 aromatic rings. The summed E-state index contributed by atoms with van der Waals surface area (Å²) in [5, 5.41) is 9.87. The highest BCUT2D eigenvalue weighted by molar-refractivity contribution is 7.21. The standard InChI is InChI=1S/C21H27N5O3S/c1-21(2,3)29-20(27)24-12-11-23-19(22-4)25-13-14-9-10-16(28-14)18-26-15-7-5-6-8-17(15)30-18/h5-10H,11-13H2,1-4H3,(H,24,27)(H2,22,23,25). The number of carbonyl (C=O) groups is 1. The average molecular weight is 430 g/mol. The first-order chi connectivity index (χ1) is 14.3. The Balaban J connectivity index is 1.45. The molecule has 0 radical (unpaired) electrons. The number of fused-ring (bicyclic) bond motifs is 1. The number of ether oxygens (including phenoxy) is 1. The van der Waals surface area contributed by atoms with Crippen molar-refractivity contribution in [2.75, 3.05) is 20.1 Å². The van der Waals surface area contributed by atoms with Crippen molar-refractivity contribution in [3.05, 3.63) is 42.2 Å². The molecule has 0 saturated heterocycles. The average Bonchev–Trinajstić information content (AvgIpc) is 3.32. The normalized spacial score (nSPS) is 12.1. The van der Waals surface area contributed by atoms with Crippen molar-refractivity contribution in [2.45, 2.75) is 32.9 Å². The van der Waals surface area contributed by atoms with Gasteiger partial charge >= 0.3 is 6.09 Å². The zero-order chi connectivity index (χ0) is 21.6. The van der Waals surface area contributed by atoms with Gasteiger partial charge in [0.2, 0.25) is 0 Å². The van der Waals surface area contributed by atoms with E-state index < -0.39 is 11.7 Å². The maximum Gasteiger partial charge on any atom is 0.407 e. The van der Waals surface area contributed by atoms with Crippen LogP contribution in [-0.2, 0) is 11.3 Å². The molecule has 160 valence electrons. The van der Waals surface area contributed by atoms with Gasteiger partial charge < -0.3 is 25.1 Å². The highest BCUT2D eigenvalue weighted by Crippen LogP contribution is 2.31. The molecule has 0 aliphatic rings. The first kappa shape index (κ1) is 21.6. The molecule has 0 atom stereocenters.